The van der Waals surface area contributed by atoms with E-state index in [4.69, 9.17) is 14.2 Å². The van der Waals surface area contributed by atoms with Crippen LogP contribution in [0.4, 0.5) is 0 Å². The summed E-state index contributed by atoms with van der Waals surface area (Å²) in [5.74, 6) is -2.74. The zero-order valence-corrected chi connectivity index (χ0v) is 29.0. The van der Waals surface area contributed by atoms with Crippen LogP contribution in [0.3, 0.4) is 0 Å². The topological polar surface area (TPSA) is 160 Å². The summed E-state index contributed by atoms with van der Waals surface area (Å²) in [4.78, 5) is 41.0. The van der Waals surface area contributed by atoms with Gasteiger partial charge in [-0.2, -0.15) is 0 Å². The Balaban J connectivity index is 1.57. The summed E-state index contributed by atoms with van der Waals surface area (Å²) < 4.78 is 20.6. The summed E-state index contributed by atoms with van der Waals surface area (Å²) >= 11 is 0. The molecule has 3 aliphatic heterocycles. The van der Waals surface area contributed by atoms with Crippen molar-refractivity contribution in [2.75, 3.05) is 13.2 Å². The fraction of sp³-hybridized carbons (Fsp3) is 0.513. The second-order valence-electron chi connectivity index (χ2n) is 14.9. The molecular formula is C39H46O10. The van der Waals surface area contributed by atoms with E-state index in [1.807, 2.05) is 52.8 Å². The number of hydrogen-bond acceptors (Lipinski definition) is 9. The number of fused-ring (bicyclic) bond motifs is 2. The van der Waals surface area contributed by atoms with Crippen molar-refractivity contribution in [3.8, 4) is 17.2 Å². The van der Waals surface area contributed by atoms with Gasteiger partial charge in [0.2, 0.25) is 0 Å². The lowest BCUT2D eigenvalue weighted by atomic mass is 9.51. The van der Waals surface area contributed by atoms with Crippen molar-refractivity contribution in [2.24, 2.45) is 11.8 Å². The number of carbonyl (C=O) groups is 3. The number of aliphatic carboxylic acids is 1. The third-order valence-corrected chi connectivity index (χ3v) is 11.1. The van der Waals surface area contributed by atoms with Gasteiger partial charge in [-0.1, -0.05) is 35.5 Å². The molecule has 4 bridgehead atoms. The quantitative estimate of drug-likeness (QED) is 0.173. The molecule has 1 saturated heterocycles. The minimum atomic E-state index is -1.68. The summed E-state index contributed by atoms with van der Waals surface area (Å²) in [5.41, 5.74) is -2.10. The standard InChI is InChI=1S/C39H46O10/c1-21(13-17-40)9-10-26-32-25(12-15-37(6,47-32)14-7-8-22(2)20-41)30(42)29-31(43)27-18-24-19-28-36(4,5)49-38(34(24)44,16-11-23(3)35(45)46)39(27,28)48-33(26)29/h8-9,11-12,15,18,24,28,40-42H,7,10,13-14,16-17,19-20H2,1-6H3,(H,45,46)/b21-9+,22-8+,23-11-/t24-,28+,37-,38+,39-/m1/s1. The number of phenols is 1. The summed E-state index contributed by atoms with van der Waals surface area (Å²) in [6.07, 6.45) is 12.8. The van der Waals surface area contributed by atoms with E-state index in [0.29, 0.717) is 42.6 Å². The summed E-state index contributed by atoms with van der Waals surface area (Å²) in [5, 5.41) is 40.6. The average molecular weight is 675 g/mol. The third kappa shape index (κ3) is 5.22. The van der Waals surface area contributed by atoms with Crippen molar-refractivity contribution < 1.29 is 49.0 Å². The van der Waals surface area contributed by atoms with E-state index in [1.165, 1.54) is 13.0 Å². The lowest BCUT2D eigenvalue weighted by Crippen LogP contribution is -2.72. The predicted octanol–water partition coefficient (Wildman–Crippen LogP) is 5.57. The highest BCUT2D eigenvalue weighted by atomic mass is 16.6. The van der Waals surface area contributed by atoms with E-state index in [-0.39, 0.29) is 60.0 Å². The lowest BCUT2D eigenvalue weighted by molar-refractivity contribution is -0.171. The number of ether oxygens (including phenoxy) is 3. The first-order valence-electron chi connectivity index (χ1n) is 17.0. The molecule has 3 aliphatic carbocycles. The highest BCUT2D eigenvalue weighted by Gasteiger charge is 2.81. The van der Waals surface area contributed by atoms with Crippen LogP contribution in [-0.2, 0) is 20.7 Å². The van der Waals surface area contributed by atoms with Crippen LogP contribution >= 0.6 is 0 Å². The number of benzene rings is 1. The largest absolute Gasteiger partial charge is 0.506 e. The van der Waals surface area contributed by atoms with Crippen LogP contribution in [0.5, 0.6) is 17.2 Å². The van der Waals surface area contributed by atoms with Crippen LogP contribution in [-0.4, -0.2) is 73.6 Å². The molecule has 49 heavy (non-hydrogen) atoms. The van der Waals surface area contributed by atoms with E-state index in [9.17, 15) is 34.8 Å². The van der Waals surface area contributed by atoms with E-state index in [0.717, 1.165) is 11.1 Å². The number of allylic oxidation sites excluding steroid dienone is 3. The zero-order valence-electron chi connectivity index (χ0n) is 29.0. The van der Waals surface area contributed by atoms with Gasteiger partial charge in [0.1, 0.15) is 28.4 Å². The number of carboxylic acid groups (broad SMARTS) is 1. The third-order valence-electron chi connectivity index (χ3n) is 11.1. The molecular weight excluding hydrogens is 628 g/mol. The predicted molar refractivity (Wildman–Crippen MR) is 182 cm³/mol. The molecule has 1 aromatic carbocycles. The summed E-state index contributed by atoms with van der Waals surface area (Å²) in [7, 11) is 0. The van der Waals surface area contributed by atoms with Crippen LogP contribution in [0.25, 0.3) is 6.08 Å². The molecule has 1 saturated carbocycles. The Labute approximate surface area is 286 Å². The lowest BCUT2D eigenvalue weighted by Gasteiger charge is -2.56. The molecule has 6 aliphatic rings. The van der Waals surface area contributed by atoms with Gasteiger partial charge < -0.3 is 34.6 Å². The SMILES string of the molecule is C/C(=C/C[C@@]12OC(C)(C)[C@@H]3C[C@@H](C=C4C(=O)c5c(O)c6c(c(C/C=C(\C)CCO)c5O[C@]431)O[C@](C)(CC/C=C(\C)CO)C=C6)C2=O)C(=O)O. The molecule has 5 atom stereocenters. The molecule has 0 amide bonds. The number of rotatable bonds is 11. The number of aromatic hydroxyl groups is 1. The maximum absolute atomic E-state index is 14.8. The van der Waals surface area contributed by atoms with Crippen molar-refractivity contribution in [2.45, 2.75) is 102 Å². The van der Waals surface area contributed by atoms with Gasteiger partial charge in [0, 0.05) is 41.6 Å². The molecule has 0 aromatic heterocycles. The first kappa shape index (κ1) is 34.9. The highest BCUT2D eigenvalue weighted by Crippen LogP contribution is 2.68. The first-order chi connectivity index (χ1) is 23.1. The van der Waals surface area contributed by atoms with E-state index >= 15 is 0 Å². The molecule has 3 heterocycles. The Bertz CT molecular complexity index is 1790. The Kier molecular flexibility index (Phi) is 8.61. The Morgan fingerprint density at radius 2 is 1.76 bits per heavy atom. The number of aliphatic hydroxyl groups is 2. The number of carboxylic acids is 1. The Morgan fingerprint density at radius 1 is 1.02 bits per heavy atom. The van der Waals surface area contributed by atoms with Crippen molar-refractivity contribution in [1.82, 2.24) is 0 Å². The molecule has 2 fully saturated rings. The molecule has 1 aromatic rings. The van der Waals surface area contributed by atoms with E-state index < -0.39 is 46.0 Å². The monoisotopic (exact) mass is 674 g/mol. The second-order valence-corrected chi connectivity index (χ2v) is 14.9. The Hall–Kier alpha value is -3.99. The normalized spacial score (nSPS) is 31.1. The van der Waals surface area contributed by atoms with Crippen LogP contribution in [0.15, 0.2) is 52.7 Å². The fourth-order valence-corrected chi connectivity index (χ4v) is 8.44. The molecule has 1 spiro atoms. The smallest absolute Gasteiger partial charge is 0.330 e. The van der Waals surface area contributed by atoms with Gasteiger partial charge in [-0.15, -0.1) is 0 Å². The first-order valence-corrected chi connectivity index (χ1v) is 17.0. The van der Waals surface area contributed by atoms with Crippen molar-refractivity contribution >= 4 is 23.6 Å². The van der Waals surface area contributed by atoms with Gasteiger partial charge >= 0.3 is 5.97 Å². The van der Waals surface area contributed by atoms with Gasteiger partial charge in [0.15, 0.2) is 22.8 Å². The van der Waals surface area contributed by atoms with Gasteiger partial charge in [-0.05, 0) is 85.8 Å². The average Bonchev–Trinajstić information content (AvgIpc) is 3.20. The molecule has 10 heteroatoms. The molecule has 0 unspecified atom stereocenters. The number of Topliss-reactive ketones (excluding diaryl/α,β-unsaturated/α-hetero) is 2. The van der Waals surface area contributed by atoms with Gasteiger partial charge in [0.25, 0.3) is 0 Å². The van der Waals surface area contributed by atoms with Crippen molar-refractivity contribution in [3.05, 3.63) is 69.4 Å². The maximum Gasteiger partial charge on any atom is 0.330 e. The Morgan fingerprint density at radius 3 is 2.43 bits per heavy atom. The van der Waals surface area contributed by atoms with Gasteiger partial charge in [-0.25, -0.2) is 4.79 Å². The van der Waals surface area contributed by atoms with Gasteiger partial charge in [-0.3, -0.25) is 9.59 Å². The van der Waals surface area contributed by atoms with E-state index in [1.54, 1.807) is 12.2 Å². The molecule has 0 radical (unpaired) electrons. The number of hydrogen-bond donors (Lipinski definition) is 4. The fourth-order valence-electron chi connectivity index (χ4n) is 8.44. The molecule has 4 N–H and O–H groups in total. The van der Waals surface area contributed by atoms with Crippen molar-refractivity contribution in [3.63, 3.8) is 0 Å². The number of aliphatic hydroxyl groups excluding tert-OH is 2. The minimum Gasteiger partial charge on any atom is -0.506 e. The number of phenolic OH excluding ortho intramolecular Hbond substituents is 1. The number of carbonyl (C=O) groups excluding carboxylic acids is 2. The van der Waals surface area contributed by atoms with Crippen molar-refractivity contribution in [1.29, 1.82) is 0 Å². The highest BCUT2D eigenvalue weighted by molar-refractivity contribution is 6.19. The van der Waals surface area contributed by atoms with Gasteiger partial charge in [0.05, 0.1) is 17.8 Å². The van der Waals surface area contributed by atoms with Crippen LogP contribution in [0.2, 0.25) is 0 Å². The number of ketones is 2. The molecule has 262 valence electrons. The minimum absolute atomic E-state index is 0.0122. The maximum atomic E-state index is 14.8. The summed E-state index contributed by atoms with van der Waals surface area (Å²) in [6, 6.07) is 0. The van der Waals surface area contributed by atoms with Crippen LogP contribution < -0.4 is 9.47 Å². The second kappa shape index (κ2) is 12.1. The van der Waals surface area contributed by atoms with Crippen LogP contribution in [0.1, 0.15) is 95.1 Å². The molecule has 10 nitrogen and oxygen atoms in total. The van der Waals surface area contributed by atoms with E-state index in [2.05, 4.69) is 0 Å². The van der Waals surface area contributed by atoms with Crippen LogP contribution in [0, 0.1) is 11.8 Å². The zero-order chi connectivity index (χ0) is 35.7. The summed E-state index contributed by atoms with van der Waals surface area (Å²) in [6.45, 7) is 10.8. The molecule has 7 rings (SSSR count).